The van der Waals surface area contributed by atoms with Crippen LogP contribution in [0.25, 0.3) is 0 Å². The molecule has 2 rings (SSSR count). The van der Waals surface area contributed by atoms with Crippen molar-refractivity contribution in [3.63, 3.8) is 0 Å². The molecule has 1 amide bonds. The fraction of sp³-hybridized carbons (Fsp3) is 0.467. The van der Waals surface area contributed by atoms with Gasteiger partial charge >= 0.3 is 5.97 Å². The van der Waals surface area contributed by atoms with Crippen molar-refractivity contribution in [2.24, 2.45) is 0 Å². The standard InChI is InChI=1S/C15H19NO3S/c1-10(6-7-13(17)18)16-15(19)14-12-5-3-2-4-11(12)8-9-20-14/h2-5,10,14H,6-9H2,1H3,(H,16,19)(H,17,18). The number of amides is 1. The number of hydrogen-bond acceptors (Lipinski definition) is 3. The molecule has 108 valence electrons. The molecule has 0 saturated carbocycles. The lowest BCUT2D eigenvalue weighted by atomic mass is 10.0. The molecule has 0 spiro atoms. The van der Waals surface area contributed by atoms with Gasteiger partial charge in [-0.1, -0.05) is 24.3 Å². The number of nitrogens with one attached hydrogen (secondary N) is 1. The van der Waals surface area contributed by atoms with E-state index in [1.165, 1.54) is 5.56 Å². The molecule has 0 radical (unpaired) electrons. The zero-order chi connectivity index (χ0) is 14.5. The van der Waals surface area contributed by atoms with Gasteiger partial charge in [-0.05, 0) is 36.6 Å². The van der Waals surface area contributed by atoms with E-state index in [0.717, 1.165) is 17.7 Å². The Labute approximate surface area is 123 Å². The monoisotopic (exact) mass is 293 g/mol. The Kier molecular flexibility index (Phi) is 5.06. The summed E-state index contributed by atoms with van der Waals surface area (Å²) in [5.41, 5.74) is 2.33. The molecule has 0 saturated heterocycles. The van der Waals surface area contributed by atoms with Crippen molar-refractivity contribution in [1.82, 2.24) is 5.32 Å². The van der Waals surface area contributed by atoms with Gasteiger partial charge in [-0.15, -0.1) is 11.8 Å². The summed E-state index contributed by atoms with van der Waals surface area (Å²) >= 11 is 1.65. The molecule has 1 aliphatic rings. The predicted octanol–water partition coefficient (Wildman–Crippen LogP) is 2.39. The van der Waals surface area contributed by atoms with Crippen LogP contribution in [0.1, 0.15) is 36.1 Å². The zero-order valence-electron chi connectivity index (χ0n) is 11.5. The maximum absolute atomic E-state index is 12.3. The van der Waals surface area contributed by atoms with E-state index in [1.807, 2.05) is 25.1 Å². The van der Waals surface area contributed by atoms with E-state index in [1.54, 1.807) is 11.8 Å². The van der Waals surface area contributed by atoms with E-state index >= 15 is 0 Å². The first-order chi connectivity index (χ1) is 9.58. The number of fused-ring (bicyclic) bond motifs is 1. The first kappa shape index (κ1) is 14.9. The molecule has 1 aromatic carbocycles. The summed E-state index contributed by atoms with van der Waals surface area (Å²) in [5.74, 6) is 0.0991. The van der Waals surface area contributed by atoms with Crippen molar-refractivity contribution in [1.29, 1.82) is 0 Å². The third kappa shape index (κ3) is 3.76. The number of aryl methyl sites for hydroxylation is 1. The number of hydrogen-bond donors (Lipinski definition) is 2. The van der Waals surface area contributed by atoms with Gasteiger partial charge in [0.25, 0.3) is 0 Å². The van der Waals surface area contributed by atoms with Crippen LogP contribution < -0.4 is 5.32 Å². The molecule has 0 aromatic heterocycles. The minimum atomic E-state index is -0.830. The first-order valence-electron chi connectivity index (χ1n) is 6.79. The molecule has 2 atom stereocenters. The Morgan fingerprint density at radius 1 is 1.45 bits per heavy atom. The van der Waals surface area contributed by atoms with Gasteiger partial charge in [0.1, 0.15) is 5.25 Å². The Bertz CT molecular complexity index is 504. The van der Waals surface area contributed by atoms with E-state index in [4.69, 9.17) is 5.11 Å². The van der Waals surface area contributed by atoms with Gasteiger partial charge in [0, 0.05) is 12.5 Å². The highest BCUT2D eigenvalue weighted by Crippen LogP contribution is 2.36. The Morgan fingerprint density at radius 2 is 2.20 bits per heavy atom. The van der Waals surface area contributed by atoms with Crippen molar-refractivity contribution >= 4 is 23.6 Å². The summed E-state index contributed by atoms with van der Waals surface area (Å²) < 4.78 is 0. The van der Waals surface area contributed by atoms with Crippen LogP contribution in [0.2, 0.25) is 0 Å². The van der Waals surface area contributed by atoms with Crippen molar-refractivity contribution < 1.29 is 14.7 Å². The average Bonchev–Trinajstić information content (AvgIpc) is 2.44. The third-order valence-electron chi connectivity index (χ3n) is 3.41. The zero-order valence-corrected chi connectivity index (χ0v) is 12.3. The van der Waals surface area contributed by atoms with Gasteiger partial charge in [-0.25, -0.2) is 0 Å². The summed E-state index contributed by atoms with van der Waals surface area (Å²) in [7, 11) is 0. The Hall–Kier alpha value is -1.49. The summed E-state index contributed by atoms with van der Waals surface area (Å²) in [6.45, 7) is 1.85. The lowest BCUT2D eigenvalue weighted by Gasteiger charge is -2.25. The van der Waals surface area contributed by atoms with Gasteiger partial charge in [-0.3, -0.25) is 9.59 Å². The second-order valence-electron chi connectivity index (χ2n) is 5.04. The van der Waals surface area contributed by atoms with Crippen molar-refractivity contribution in [2.75, 3.05) is 5.75 Å². The first-order valence-corrected chi connectivity index (χ1v) is 7.84. The van der Waals surface area contributed by atoms with Crippen molar-refractivity contribution in [3.05, 3.63) is 35.4 Å². The van der Waals surface area contributed by atoms with Crippen LogP contribution in [-0.4, -0.2) is 28.8 Å². The number of carbonyl (C=O) groups is 2. The number of rotatable bonds is 5. The maximum Gasteiger partial charge on any atom is 0.303 e. The molecule has 2 N–H and O–H groups in total. The van der Waals surface area contributed by atoms with Gasteiger partial charge in [0.15, 0.2) is 0 Å². The molecule has 1 heterocycles. The van der Waals surface area contributed by atoms with Crippen LogP contribution in [0, 0.1) is 0 Å². The van der Waals surface area contributed by atoms with Crippen LogP contribution in [-0.2, 0) is 16.0 Å². The smallest absolute Gasteiger partial charge is 0.303 e. The fourth-order valence-electron chi connectivity index (χ4n) is 2.34. The summed E-state index contributed by atoms with van der Waals surface area (Å²) in [6, 6.07) is 7.92. The summed E-state index contributed by atoms with van der Waals surface area (Å²) in [4.78, 5) is 22.9. The molecule has 1 aliphatic heterocycles. The number of carbonyl (C=O) groups excluding carboxylic acids is 1. The van der Waals surface area contributed by atoms with Gasteiger partial charge < -0.3 is 10.4 Å². The van der Waals surface area contributed by atoms with E-state index < -0.39 is 5.97 Å². The Balaban J connectivity index is 1.98. The molecule has 1 aromatic rings. The highest BCUT2D eigenvalue weighted by molar-refractivity contribution is 8.00. The molecule has 0 fully saturated rings. The fourth-order valence-corrected chi connectivity index (χ4v) is 3.54. The lowest BCUT2D eigenvalue weighted by molar-refractivity contribution is -0.137. The minimum Gasteiger partial charge on any atom is -0.481 e. The normalized spacial score (nSPS) is 18.9. The molecule has 0 bridgehead atoms. The van der Waals surface area contributed by atoms with E-state index in [-0.39, 0.29) is 23.6 Å². The highest BCUT2D eigenvalue weighted by Gasteiger charge is 2.27. The summed E-state index contributed by atoms with van der Waals surface area (Å²) in [5, 5.41) is 11.4. The molecular weight excluding hydrogens is 274 g/mol. The predicted molar refractivity (Wildman–Crippen MR) is 79.8 cm³/mol. The van der Waals surface area contributed by atoms with E-state index in [0.29, 0.717) is 6.42 Å². The topological polar surface area (TPSA) is 66.4 Å². The van der Waals surface area contributed by atoms with Crippen LogP contribution in [0.15, 0.2) is 24.3 Å². The highest BCUT2D eigenvalue weighted by atomic mass is 32.2. The number of carboxylic acid groups (broad SMARTS) is 1. The Morgan fingerprint density at radius 3 is 2.95 bits per heavy atom. The number of benzene rings is 1. The molecular formula is C15H19NO3S. The van der Waals surface area contributed by atoms with Gasteiger partial charge in [0.05, 0.1) is 0 Å². The van der Waals surface area contributed by atoms with Crippen LogP contribution in [0.5, 0.6) is 0 Å². The minimum absolute atomic E-state index is 0.0139. The van der Waals surface area contributed by atoms with E-state index in [2.05, 4.69) is 11.4 Å². The van der Waals surface area contributed by atoms with Gasteiger partial charge in [0.2, 0.25) is 5.91 Å². The van der Waals surface area contributed by atoms with Crippen LogP contribution in [0.4, 0.5) is 0 Å². The second-order valence-corrected chi connectivity index (χ2v) is 6.25. The van der Waals surface area contributed by atoms with Crippen LogP contribution >= 0.6 is 11.8 Å². The maximum atomic E-state index is 12.3. The summed E-state index contributed by atoms with van der Waals surface area (Å²) in [6.07, 6.45) is 1.54. The van der Waals surface area contributed by atoms with Crippen molar-refractivity contribution in [2.45, 2.75) is 37.5 Å². The second kappa shape index (κ2) is 6.79. The quantitative estimate of drug-likeness (QED) is 0.875. The molecule has 20 heavy (non-hydrogen) atoms. The molecule has 5 heteroatoms. The number of aliphatic carboxylic acids is 1. The molecule has 4 nitrogen and oxygen atoms in total. The number of carboxylic acids is 1. The number of thioether (sulfide) groups is 1. The lowest BCUT2D eigenvalue weighted by Crippen LogP contribution is -2.36. The third-order valence-corrected chi connectivity index (χ3v) is 4.65. The van der Waals surface area contributed by atoms with Gasteiger partial charge in [-0.2, -0.15) is 0 Å². The SMILES string of the molecule is CC(CCC(=O)O)NC(=O)C1SCCc2ccccc21. The average molecular weight is 293 g/mol. The van der Waals surface area contributed by atoms with Crippen molar-refractivity contribution in [3.8, 4) is 0 Å². The largest absolute Gasteiger partial charge is 0.481 e. The van der Waals surface area contributed by atoms with Crippen LogP contribution in [0.3, 0.4) is 0 Å². The molecule has 0 aliphatic carbocycles. The molecule has 2 unspecified atom stereocenters. The van der Waals surface area contributed by atoms with E-state index in [9.17, 15) is 9.59 Å².